The second kappa shape index (κ2) is 8.47. The van der Waals surface area contributed by atoms with Gasteiger partial charge in [-0.25, -0.2) is 4.98 Å². The molecule has 2 aromatic carbocycles. The van der Waals surface area contributed by atoms with Crippen molar-refractivity contribution in [3.8, 4) is 17.0 Å². The Balaban J connectivity index is 1.87. The normalized spacial score (nSPS) is 11.2. The fraction of sp³-hybridized carbons (Fsp3) is 0.158. The molecule has 3 aromatic rings. The van der Waals surface area contributed by atoms with Crippen molar-refractivity contribution >= 4 is 27.7 Å². The van der Waals surface area contributed by atoms with Gasteiger partial charge < -0.3 is 15.4 Å². The van der Waals surface area contributed by atoms with Gasteiger partial charge in [-0.05, 0) is 23.8 Å². The summed E-state index contributed by atoms with van der Waals surface area (Å²) in [6.07, 6.45) is -4.75. The highest BCUT2D eigenvalue weighted by molar-refractivity contribution is 9.10. The fourth-order valence-electron chi connectivity index (χ4n) is 2.48. The van der Waals surface area contributed by atoms with Gasteiger partial charge in [0.25, 0.3) is 0 Å². The van der Waals surface area contributed by atoms with Crippen molar-refractivity contribution in [1.82, 2.24) is 9.97 Å². The largest absolute Gasteiger partial charge is 0.573 e. The quantitative estimate of drug-likeness (QED) is 0.519. The maximum absolute atomic E-state index is 12.5. The molecule has 2 N–H and O–H groups in total. The van der Waals surface area contributed by atoms with Crippen molar-refractivity contribution in [2.45, 2.75) is 12.9 Å². The van der Waals surface area contributed by atoms with Gasteiger partial charge >= 0.3 is 6.36 Å². The van der Waals surface area contributed by atoms with E-state index in [4.69, 9.17) is 0 Å². The van der Waals surface area contributed by atoms with E-state index in [1.54, 1.807) is 19.2 Å². The molecule has 0 aliphatic heterocycles. The van der Waals surface area contributed by atoms with Crippen LogP contribution in [0.3, 0.4) is 0 Å². The smallest absolute Gasteiger partial charge is 0.406 e. The number of aromatic nitrogens is 2. The van der Waals surface area contributed by atoms with Gasteiger partial charge in [0.15, 0.2) is 0 Å². The Morgan fingerprint density at radius 1 is 1.04 bits per heavy atom. The molecule has 1 aromatic heterocycles. The molecule has 0 spiro atoms. The molecule has 0 bridgehead atoms. The lowest BCUT2D eigenvalue weighted by Gasteiger charge is -2.12. The van der Waals surface area contributed by atoms with Crippen molar-refractivity contribution in [2.75, 3.05) is 17.7 Å². The molecule has 0 aliphatic carbocycles. The third-order valence-corrected chi connectivity index (χ3v) is 4.50. The van der Waals surface area contributed by atoms with Gasteiger partial charge in [0.2, 0.25) is 5.95 Å². The van der Waals surface area contributed by atoms with E-state index >= 15 is 0 Å². The van der Waals surface area contributed by atoms with Gasteiger partial charge in [-0.2, -0.15) is 4.98 Å². The molecule has 0 saturated heterocycles. The first-order valence-electron chi connectivity index (χ1n) is 8.24. The molecule has 146 valence electrons. The predicted molar refractivity (Wildman–Crippen MR) is 105 cm³/mol. The van der Waals surface area contributed by atoms with Crippen LogP contribution >= 0.6 is 15.9 Å². The van der Waals surface area contributed by atoms with E-state index in [1.807, 2.05) is 24.3 Å². The van der Waals surface area contributed by atoms with Crippen LogP contribution in [0.2, 0.25) is 0 Å². The Bertz CT molecular complexity index is 966. The zero-order valence-electron chi connectivity index (χ0n) is 14.7. The van der Waals surface area contributed by atoms with Gasteiger partial charge in [-0.15, -0.1) is 13.2 Å². The molecule has 0 amide bonds. The highest BCUT2D eigenvalue weighted by Crippen LogP contribution is 2.28. The predicted octanol–water partition coefficient (Wildman–Crippen LogP) is 5.46. The SMILES string of the molecule is CNc1nc(NCc2ccccc2Br)cc(-c2cccc(OC(F)(F)F)c2)n1. The van der Waals surface area contributed by atoms with Crippen LogP contribution in [0.5, 0.6) is 5.75 Å². The second-order valence-corrected chi connectivity index (χ2v) is 6.59. The zero-order chi connectivity index (χ0) is 20.1. The maximum atomic E-state index is 12.5. The molecule has 0 saturated carbocycles. The van der Waals surface area contributed by atoms with Crippen LogP contribution in [0.4, 0.5) is 24.9 Å². The van der Waals surface area contributed by atoms with E-state index in [1.165, 1.54) is 18.2 Å². The molecule has 0 atom stereocenters. The number of nitrogens with one attached hydrogen (secondary N) is 2. The summed E-state index contributed by atoms with van der Waals surface area (Å²) < 4.78 is 42.4. The summed E-state index contributed by atoms with van der Waals surface area (Å²) in [5, 5.41) is 6.06. The molecular weight excluding hydrogens is 437 g/mol. The first-order valence-corrected chi connectivity index (χ1v) is 9.03. The van der Waals surface area contributed by atoms with Crippen LogP contribution in [0.25, 0.3) is 11.3 Å². The van der Waals surface area contributed by atoms with E-state index in [9.17, 15) is 13.2 Å². The van der Waals surface area contributed by atoms with Gasteiger partial charge in [-0.3, -0.25) is 0 Å². The lowest BCUT2D eigenvalue weighted by atomic mass is 10.1. The Kier molecular flexibility index (Phi) is 6.03. The molecule has 9 heteroatoms. The summed E-state index contributed by atoms with van der Waals surface area (Å²) in [5.74, 6) is 0.568. The average molecular weight is 453 g/mol. The Morgan fingerprint density at radius 3 is 2.54 bits per heavy atom. The van der Waals surface area contributed by atoms with E-state index in [2.05, 4.69) is 41.3 Å². The van der Waals surface area contributed by atoms with Gasteiger partial charge in [-0.1, -0.05) is 46.3 Å². The van der Waals surface area contributed by atoms with Crippen LogP contribution in [-0.4, -0.2) is 23.4 Å². The monoisotopic (exact) mass is 452 g/mol. The van der Waals surface area contributed by atoms with Crippen molar-refractivity contribution in [1.29, 1.82) is 0 Å². The van der Waals surface area contributed by atoms with Crippen LogP contribution in [0, 0.1) is 0 Å². The summed E-state index contributed by atoms with van der Waals surface area (Å²) in [5.41, 5.74) is 1.97. The summed E-state index contributed by atoms with van der Waals surface area (Å²) >= 11 is 3.49. The van der Waals surface area contributed by atoms with Gasteiger partial charge in [0.05, 0.1) is 5.69 Å². The second-order valence-electron chi connectivity index (χ2n) is 5.73. The lowest BCUT2D eigenvalue weighted by Crippen LogP contribution is -2.17. The summed E-state index contributed by atoms with van der Waals surface area (Å²) in [6, 6.07) is 15.1. The number of rotatable bonds is 6. The number of halogens is 4. The number of ether oxygens (including phenoxy) is 1. The highest BCUT2D eigenvalue weighted by atomic mass is 79.9. The minimum atomic E-state index is -4.75. The summed E-state index contributed by atoms with van der Waals surface area (Å²) in [4.78, 5) is 8.67. The number of hydrogen-bond acceptors (Lipinski definition) is 5. The van der Waals surface area contributed by atoms with Crippen molar-refractivity contribution in [2.24, 2.45) is 0 Å². The molecule has 5 nitrogen and oxygen atoms in total. The maximum Gasteiger partial charge on any atom is 0.573 e. The standard InChI is InChI=1S/C19H16BrF3N4O/c1-24-18-26-16(12-6-4-7-14(9-12)28-19(21,22)23)10-17(27-18)25-11-13-5-2-3-8-15(13)20/h2-10H,11H2,1H3,(H2,24,25,26,27). The molecule has 0 aliphatic rings. The Hall–Kier alpha value is -2.81. The molecule has 0 radical (unpaired) electrons. The number of nitrogens with zero attached hydrogens (tertiary/aromatic N) is 2. The minimum absolute atomic E-state index is 0.308. The lowest BCUT2D eigenvalue weighted by molar-refractivity contribution is -0.274. The van der Waals surface area contributed by atoms with Crippen molar-refractivity contribution < 1.29 is 17.9 Å². The molecule has 0 unspecified atom stereocenters. The fourth-order valence-corrected chi connectivity index (χ4v) is 2.90. The van der Waals surface area contributed by atoms with Crippen LogP contribution in [0.1, 0.15) is 5.56 Å². The summed E-state index contributed by atoms with van der Waals surface area (Å²) in [6.45, 7) is 0.512. The van der Waals surface area contributed by atoms with Gasteiger partial charge in [0.1, 0.15) is 11.6 Å². The Morgan fingerprint density at radius 2 is 1.82 bits per heavy atom. The van der Waals surface area contributed by atoms with Gasteiger partial charge in [0, 0.05) is 29.7 Å². The first kappa shape index (κ1) is 19.9. The van der Waals surface area contributed by atoms with E-state index in [-0.39, 0.29) is 5.75 Å². The van der Waals surface area contributed by atoms with E-state index in [0.717, 1.165) is 10.0 Å². The molecule has 3 rings (SSSR count). The van der Waals surface area contributed by atoms with Crippen molar-refractivity contribution in [3.05, 3.63) is 64.6 Å². The van der Waals surface area contributed by atoms with Crippen LogP contribution in [0.15, 0.2) is 59.1 Å². The topological polar surface area (TPSA) is 59.1 Å². The molecule has 0 fully saturated rings. The van der Waals surface area contributed by atoms with E-state index in [0.29, 0.717) is 29.6 Å². The molecular formula is C19H16BrF3N4O. The van der Waals surface area contributed by atoms with E-state index < -0.39 is 6.36 Å². The Labute approximate surface area is 168 Å². The number of alkyl halides is 3. The molecule has 1 heterocycles. The van der Waals surface area contributed by atoms with Crippen molar-refractivity contribution in [3.63, 3.8) is 0 Å². The first-order chi connectivity index (χ1) is 13.3. The number of hydrogen-bond donors (Lipinski definition) is 2. The minimum Gasteiger partial charge on any atom is -0.406 e. The molecule has 28 heavy (non-hydrogen) atoms. The number of benzene rings is 2. The third kappa shape index (κ3) is 5.35. The third-order valence-electron chi connectivity index (χ3n) is 3.73. The van der Waals surface area contributed by atoms with Crippen LogP contribution in [-0.2, 0) is 6.54 Å². The number of anilines is 2. The zero-order valence-corrected chi connectivity index (χ0v) is 16.3. The highest BCUT2D eigenvalue weighted by Gasteiger charge is 2.31. The van der Waals surface area contributed by atoms with Crippen LogP contribution < -0.4 is 15.4 Å². The summed E-state index contributed by atoms with van der Waals surface area (Å²) in [7, 11) is 1.67. The average Bonchev–Trinajstić information content (AvgIpc) is 2.66.